The van der Waals surface area contributed by atoms with Gasteiger partial charge < -0.3 is 20.1 Å². The number of amides is 1. The topological polar surface area (TPSA) is 66.4 Å². The Labute approximate surface area is 200 Å². The molecule has 1 aromatic heterocycles. The van der Waals surface area contributed by atoms with Gasteiger partial charge in [-0.1, -0.05) is 18.2 Å². The van der Waals surface area contributed by atoms with Crippen LogP contribution >= 0.6 is 0 Å². The van der Waals surface area contributed by atoms with Gasteiger partial charge in [-0.15, -0.1) is 0 Å². The number of fused-ring (bicyclic) bond motifs is 1. The Hall–Kier alpha value is -2.88. The van der Waals surface area contributed by atoms with Crippen LogP contribution in [-0.2, 0) is 0 Å². The van der Waals surface area contributed by atoms with Gasteiger partial charge in [0, 0.05) is 43.0 Å². The molecule has 2 aliphatic carbocycles. The van der Waals surface area contributed by atoms with Crippen molar-refractivity contribution in [3.63, 3.8) is 0 Å². The largest absolute Gasteiger partial charge is 0.381 e. The highest BCUT2D eigenvalue weighted by atomic mass is 19.3. The Morgan fingerprint density at radius 2 is 1.80 bits per heavy atom. The summed E-state index contributed by atoms with van der Waals surface area (Å²) >= 11 is 0. The molecule has 2 saturated carbocycles. The third kappa shape index (κ3) is 4.44. The molecule has 2 aromatic rings. The van der Waals surface area contributed by atoms with Gasteiger partial charge in [0.2, 0.25) is 0 Å². The van der Waals surface area contributed by atoms with Gasteiger partial charge in [-0.25, -0.2) is 17.6 Å². The molecule has 5 rings (SSSR count). The highest BCUT2D eigenvalue weighted by Crippen LogP contribution is 2.47. The molecule has 0 bridgehead atoms. The summed E-state index contributed by atoms with van der Waals surface area (Å²) in [5.41, 5.74) is -0.556. The second kappa shape index (κ2) is 8.96. The number of anilines is 1. The number of pyridine rings is 1. The zero-order valence-corrected chi connectivity index (χ0v) is 19.5. The van der Waals surface area contributed by atoms with Crippen molar-refractivity contribution in [3.8, 4) is 0 Å². The zero-order chi connectivity index (χ0) is 25.0. The number of likely N-dealkylation sites (tertiary alicyclic amines) is 1. The third-order valence-corrected chi connectivity index (χ3v) is 7.58. The average molecular weight is 493 g/mol. The number of aromatic nitrogens is 1. The second-order valence-corrected chi connectivity index (χ2v) is 10.0. The van der Waals surface area contributed by atoms with Crippen molar-refractivity contribution in [1.29, 1.82) is 0 Å². The Bertz CT molecular complexity index is 1180. The van der Waals surface area contributed by atoms with Gasteiger partial charge in [0.15, 0.2) is 0 Å². The molecule has 1 saturated heterocycles. The summed E-state index contributed by atoms with van der Waals surface area (Å²) in [4.78, 5) is 28.3. The van der Waals surface area contributed by atoms with Gasteiger partial charge in [-0.2, -0.15) is 0 Å². The van der Waals surface area contributed by atoms with Crippen LogP contribution in [0.4, 0.5) is 23.2 Å². The van der Waals surface area contributed by atoms with E-state index in [1.165, 1.54) is 35.9 Å². The summed E-state index contributed by atoms with van der Waals surface area (Å²) in [6, 6.07) is 3.96. The molecule has 2 N–H and O–H groups in total. The summed E-state index contributed by atoms with van der Waals surface area (Å²) in [6.45, 7) is 3.37. The lowest BCUT2D eigenvalue weighted by atomic mass is 9.90. The van der Waals surface area contributed by atoms with Crippen LogP contribution in [-0.4, -0.2) is 47.7 Å². The number of rotatable bonds is 7. The minimum atomic E-state index is -2.98. The van der Waals surface area contributed by atoms with E-state index in [4.69, 9.17) is 0 Å². The number of benzene rings is 1. The maximum Gasteiger partial charge on any atom is 0.266 e. The Morgan fingerprint density at radius 1 is 1.14 bits per heavy atom. The summed E-state index contributed by atoms with van der Waals surface area (Å²) in [5, 5.41) is 6.02. The van der Waals surface area contributed by atoms with Crippen molar-refractivity contribution in [2.24, 2.45) is 11.8 Å². The molecule has 0 spiro atoms. The zero-order valence-electron chi connectivity index (χ0n) is 19.5. The Balaban J connectivity index is 1.41. The number of alkyl halides is 3. The fourth-order valence-electron chi connectivity index (χ4n) is 5.44. The van der Waals surface area contributed by atoms with E-state index in [-0.39, 0.29) is 41.6 Å². The molecule has 1 aliphatic heterocycles. The lowest BCUT2D eigenvalue weighted by Crippen LogP contribution is -2.37. The lowest BCUT2D eigenvalue weighted by molar-refractivity contribution is 0.0937. The van der Waals surface area contributed by atoms with E-state index in [1.54, 1.807) is 0 Å². The molecule has 1 aromatic carbocycles. The summed E-state index contributed by atoms with van der Waals surface area (Å²) < 4.78 is 55.7. The minimum Gasteiger partial charge on any atom is -0.381 e. The van der Waals surface area contributed by atoms with E-state index >= 15 is 0 Å². The molecular weight excluding hydrogens is 464 g/mol. The lowest BCUT2D eigenvalue weighted by Gasteiger charge is -2.32. The smallest absolute Gasteiger partial charge is 0.266 e. The Kier molecular flexibility index (Phi) is 6.11. The Morgan fingerprint density at radius 3 is 2.43 bits per heavy atom. The van der Waals surface area contributed by atoms with Crippen molar-refractivity contribution < 1.29 is 22.4 Å². The molecule has 6 nitrogen and oxygen atoms in total. The van der Waals surface area contributed by atoms with Crippen molar-refractivity contribution >= 4 is 11.6 Å². The molecule has 0 radical (unpaired) electrons. The van der Waals surface area contributed by atoms with Crippen LogP contribution in [0.3, 0.4) is 0 Å². The van der Waals surface area contributed by atoms with E-state index in [0.29, 0.717) is 17.5 Å². The van der Waals surface area contributed by atoms with Gasteiger partial charge in [0.25, 0.3) is 17.9 Å². The number of hydrogen-bond acceptors (Lipinski definition) is 4. The molecule has 10 heteroatoms. The van der Waals surface area contributed by atoms with Gasteiger partial charge >= 0.3 is 0 Å². The first-order valence-corrected chi connectivity index (χ1v) is 11.9. The van der Waals surface area contributed by atoms with Crippen LogP contribution in [0.15, 0.2) is 35.3 Å². The van der Waals surface area contributed by atoms with Crippen LogP contribution in [0.2, 0.25) is 0 Å². The normalized spacial score (nSPS) is 28.4. The highest BCUT2D eigenvalue weighted by Gasteiger charge is 2.55. The van der Waals surface area contributed by atoms with E-state index in [1.807, 2.05) is 7.05 Å². The SMILES string of the molecule is C[C@@H](NC(=O)c1cn(C2CC(F)C2)c(=O)cc1NC1[C@H]2CN(C)C[C@@H]12)c1cccc(C(F)F)c1F. The number of hydrogen-bond donors (Lipinski definition) is 2. The van der Waals surface area contributed by atoms with Crippen molar-refractivity contribution in [2.75, 3.05) is 25.5 Å². The number of piperidine rings is 1. The first kappa shape index (κ1) is 23.8. The predicted octanol–water partition coefficient (Wildman–Crippen LogP) is 4.06. The molecule has 188 valence electrons. The van der Waals surface area contributed by atoms with Gasteiger partial charge in [0.1, 0.15) is 12.0 Å². The van der Waals surface area contributed by atoms with Gasteiger partial charge in [-0.3, -0.25) is 9.59 Å². The van der Waals surface area contributed by atoms with E-state index in [9.17, 15) is 27.2 Å². The molecule has 3 fully saturated rings. The second-order valence-electron chi connectivity index (χ2n) is 10.0. The van der Waals surface area contributed by atoms with E-state index in [2.05, 4.69) is 15.5 Å². The van der Waals surface area contributed by atoms with Crippen LogP contribution in [0.5, 0.6) is 0 Å². The number of nitrogens with one attached hydrogen (secondary N) is 2. The summed E-state index contributed by atoms with van der Waals surface area (Å²) in [5.74, 6) is -0.767. The molecule has 1 amide bonds. The quantitative estimate of drug-likeness (QED) is 0.573. The first-order chi connectivity index (χ1) is 16.6. The van der Waals surface area contributed by atoms with E-state index < -0.39 is 35.9 Å². The van der Waals surface area contributed by atoms with E-state index in [0.717, 1.165) is 19.2 Å². The number of carbonyl (C=O) groups excluding carboxylic acids is 1. The van der Waals surface area contributed by atoms with Crippen LogP contribution in [0, 0.1) is 17.7 Å². The summed E-state index contributed by atoms with van der Waals surface area (Å²) in [6.07, 6.45) is -2.12. The highest BCUT2D eigenvalue weighted by molar-refractivity contribution is 5.99. The molecule has 3 aliphatic rings. The molecular formula is C25H28F4N4O2. The number of halogens is 4. The van der Waals surface area contributed by atoms with Gasteiger partial charge in [0.05, 0.1) is 22.9 Å². The fraction of sp³-hybridized carbons (Fsp3) is 0.520. The fourth-order valence-corrected chi connectivity index (χ4v) is 5.44. The maximum atomic E-state index is 14.6. The first-order valence-electron chi connectivity index (χ1n) is 11.9. The third-order valence-electron chi connectivity index (χ3n) is 7.58. The predicted molar refractivity (Wildman–Crippen MR) is 123 cm³/mol. The van der Waals surface area contributed by atoms with Crippen molar-refractivity contribution in [3.05, 3.63) is 63.3 Å². The van der Waals surface area contributed by atoms with Crippen LogP contribution in [0.1, 0.15) is 59.8 Å². The number of nitrogens with zero attached hydrogens (tertiary/aromatic N) is 2. The molecule has 1 unspecified atom stereocenters. The molecule has 4 atom stereocenters. The van der Waals surface area contributed by atoms with Crippen LogP contribution in [0.25, 0.3) is 0 Å². The summed E-state index contributed by atoms with van der Waals surface area (Å²) in [7, 11) is 2.05. The van der Waals surface area contributed by atoms with Gasteiger partial charge in [-0.05, 0) is 38.6 Å². The average Bonchev–Trinajstić information content (AvgIpc) is 3.21. The monoisotopic (exact) mass is 492 g/mol. The number of carbonyl (C=O) groups is 1. The van der Waals surface area contributed by atoms with Crippen LogP contribution < -0.4 is 16.2 Å². The minimum absolute atomic E-state index is 0.0574. The maximum absolute atomic E-state index is 14.6. The standard InChI is InChI=1S/C25H28F4N4O2/c1-12(15-4-3-5-16(22(15)27)24(28)29)30-25(35)19-11-33(14-6-13(26)7-14)21(34)8-20(19)31-23-17-9-32(2)10-18(17)23/h3-5,8,11-14,17-18,23-24,31H,6-7,9-10H2,1-2H3,(H,30,35)/t12-,13?,14?,17-,18+,23?/m1/s1. The molecule has 2 heterocycles. The molecule has 35 heavy (non-hydrogen) atoms. The van der Waals surface area contributed by atoms with Crippen molar-refractivity contribution in [2.45, 2.75) is 50.5 Å². The van der Waals surface area contributed by atoms with Crippen molar-refractivity contribution in [1.82, 2.24) is 14.8 Å².